The van der Waals surface area contributed by atoms with Crippen molar-refractivity contribution in [1.82, 2.24) is 15.5 Å². The van der Waals surface area contributed by atoms with Gasteiger partial charge >= 0.3 is 0 Å². The van der Waals surface area contributed by atoms with E-state index in [0.29, 0.717) is 41.8 Å². The summed E-state index contributed by atoms with van der Waals surface area (Å²) in [5, 5.41) is 11.2. The van der Waals surface area contributed by atoms with Gasteiger partial charge in [-0.05, 0) is 36.8 Å². The number of hydrogen-bond acceptors (Lipinski definition) is 6. The first-order chi connectivity index (χ1) is 14.2. The maximum atomic E-state index is 12.1. The molecule has 1 N–H and O–H groups in total. The van der Waals surface area contributed by atoms with Gasteiger partial charge in [0.25, 0.3) is 5.91 Å². The molecule has 0 aliphatic rings. The van der Waals surface area contributed by atoms with E-state index in [9.17, 15) is 4.79 Å². The molecule has 7 heteroatoms. The van der Waals surface area contributed by atoms with Crippen LogP contribution in [0.2, 0.25) is 0 Å². The van der Waals surface area contributed by atoms with Crippen LogP contribution in [0.5, 0.6) is 17.4 Å². The number of nitrogens with zero attached hydrogens (tertiary/aromatic N) is 2. The lowest BCUT2D eigenvalue weighted by atomic mass is 10.1. The Kier molecular flexibility index (Phi) is 7.13. The quantitative estimate of drug-likeness (QED) is 0.558. The van der Waals surface area contributed by atoms with Crippen molar-refractivity contribution in [2.24, 2.45) is 0 Å². The van der Waals surface area contributed by atoms with Crippen molar-refractivity contribution in [3.05, 3.63) is 66.2 Å². The molecule has 0 aliphatic carbocycles. The van der Waals surface area contributed by atoms with Crippen LogP contribution in [-0.2, 0) is 4.74 Å². The molecule has 7 nitrogen and oxygen atoms in total. The number of carbonyl (C=O) groups excluding carboxylic acids is 1. The second kappa shape index (κ2) is 10.2. The van der Waals surface area contributed by atoms with Gasteiger partial charge in [-0.2, -0.15) is 0 Å². The maximum absolute atomic E-state index is 12.1. The van der Waals surface area contributed by atoms with E-state index in [-0.39, 0.29) is 5.91 Å². The molecule has 0 unspecified atom stereocenters. The van der Waals surface area contributed by atoms with E-state index in [1.54, 1.807) is 38.5 Å². The minimum atomic E-state index is -0.112. The van der Waals surface area contributed by atoms with Crippen LogP contribution in [0.3, 0.4) is 0 Å². The second-order valence-corrected chi connectivity index (χ2v) is 6.19. The van der Waals surface area contributed by atoms with Gasteiger partial charge in [0.05, 0.1) is 12.8 Å². The molecule has 0 atom stereocenters. The number of para-hydroxylation sites is 2. The van der Waals surface area contributed by atoms with Crippen molar-refractivity contribution in [2.45, 2.75) is 6.42 Å². The van der Waals surface area contributed by atoms with Gasteiger partial charge in [-0.3, -0.25) is 4.79 Å². The van der Waals surface area contributed by atoms with Gasteiger partial charge in [0.15, 0.2) is 11.5 Å². The molecular weight excluding hydrogens is 370 g/mol. The zero-order valence-corrected chi connectivity index (χ0v) is 16.4. The first kappa shape index (κ1) is 20.3. The molecule has 0 aliphatic heterocycles. The lowest BCUT2D eigenvalue weighted by molar-refractivity contribution is 0.0948. The molecule has 0 radical (unpaired) electrons. The summed E-state index contributed by atoms with van der Waals surface area (Å²) in [5.41, 5.74) is 2.14. The van der Waals surface area contributed by atoms with Gasteiger partial charge in [-0.1, -0.05) is 24.3 Å². The Morgan fingerprint density at radius 3 is 2.34 bits per heavy atom. The average molecular weight is 393 g/mol. The van der Waals surface area contributed by atoms with Crippen LogP contribution in [0.1, 0.15) is 16.8 Å². The third-order valence-corrected chi connectivity index (χ3v) is 4.18. The first-order valence-corrected chi connectivity index (χ1v) is 9.23. The predicted octanol–water partition coefficient (Wildman–Crippen LogP) is 3.71. The molecule has 3 rings (SSSR count). The van der Waals surface area contributed by atoms with Crippen LogP contribution in [0, 0.1) is 0 Å². The molecule has 1 heterocycles. The molecule has 1 aromatic heterocycles. The van der Waals surface area contributed by atoms with E-state index < -0.39 is 0 Å². The van der Waals surface area contributed by atoms with E-state index in [2.05, 4.69) is 15.5 Å². The van der Waals surface area contributed by atoms with Gasteiger partial charge in [0.1, 0.15) is 0 Å². The van der Waals surface area contributed by atoms with Gasteiger partial charge < -0.3 is 19.5 Å². The van der Waals surface area contributed by atoms with Crippen molar-refractivity contribution in [3.8, 4) is 28.6 Å². The zero-order valence-electron chi connectivity index (χ0n) is 16.4. The summed E-state index contributed by atoms with van der Waals surface area (Å²) in [4.78, 5) is 12.1. The van der Waals surface area contributed by atoms with Gasteiger partial charge in [0, 0.05) is 37.5 Å². The van der Waals surface area contributed by atoms with E-state index >= 15 is 0 Å². The van der Waals surface area contributed by atoms with E-state index in [4.69, 9.17) is 14.2 Å². The molecule has 3 aromatic rings. The summed E-state index contributed by atoms with van der Waals surface area (Å²) < 4.78 is 16.0. The third kappa shape index (κ3) is 5.52. The summed E-state index contributed by atoms with van der Waals surface area (Å²) in [6, 6.07) is 18.1. The Bertz CT molecular complexity index is 928. The molecule has 0 saturated heterocycles. The molecular formula is C22H23N3O4. The van der Waals surface area contributed by atoms with Crippen LogP contribution < -0.4 is 14.8 Å². The molecule has 29 heavy (non-hydrogen) atoms. The number of aromatic nitrogens is 2. The predicted molar refractivity (Wildman–Crippen MR) is 109 cm³/mol. The van der Waals surface area contributed by atoms with Crippen molar-refractivity contribution >= 4 is 5.91 Å². The number of nitrogens with one attached hydrogen (secondary N) is 1. The highest BCUT2D eigenvalue weighted by Gasteiger charge is 2.08. The molecule has 0 bridgehead atoms. The van der Waals surface area contributed by atoms with E-state index in [0.717, 1.165) is 12.0 Å². The Labute approximate surface area is 169 Å². The first-order valence-electron chi connectivity index (χ1n) is 9.23. The van der Waals surface area contributed by atoms with Crippen LogP contribution in [0.25, 0.3) is 11.3 Å². The highest BCUT2D eigenvalue weighted by Crippen LogP contribution is 2.30. The third-order valence-electron chi connectivity index (χ3n) is 4.18. The lowest BCUT2D eigenvalue weighted by Gasteiger charge is -2.09. The van der Waals surface area contributed by atoms with Gasteiger partial charge in [-0.25, -0.2) is 0 Å². The van der Waals surface area contributed by atoms with E-state index in [1.807, 2.05) is 36.4 Å². The Balaban J connectivity index is 1.63. The normalized spacial score (nSPS) is 10.4. The minimum absolute atomic E-state index is 0.112. The van der Waals surface area contributed by atoms with Crippen molar-refractivity contribution in [2.75, 3.05) is 27.4 Å². The van der Waals surface area contributed by atoms with Crippen molar-refractivity contribution < 1.29 is 19.0 Å². The number of methoxy groups -OCH3 is 2. The Hall–Kier alpha value is -3.45. The molecule has 0 spiro atoms. The highest BCUT2D eigenvalue weighted by molar-refractivity contribution is 5.94. The zero-order chi connectivity index (χ0) is 20.5. The number of rotatable bonds is 9. The largest absolute Gasteiger partial charge is 0.493 e. The Morgan fingerprint density at radius 2 is 1.69 bits per heavy atom. The smallest absolute Gasteiger partial charge is 0.251 e. The van der Waals surface area contributed by atoms with Crippen LogP contribution in [0.4, 0.5) is 0 Å². The van der Waals surface area contributed by atoms with Gasteiger partial charge in [-0.15, -0.1) is 10.2 Å². The molecule has 2 aromatic carbocycles. The summed E-state index contributed by atoms with van der Waals surface area (Å²) in [6.45, 7) is 1.20. The standard InChI is InChI=1S/C22H23N3O4/c1-27-15-5-14-23-22(26)17-10-8-16(9-11-17)18-12-13-21(25-24-18)29-20-7-4-3-6-19(20)28-2/h3-4,6-13H,5,14-15H2,1-2H3,(H,23,26). The minimum Gasteiger partial charge on any atom is -0.493 e. The summed E-state index contributed by atoms with van der Waals surface area (Å²) in [5.74, 6) is 1.44. The SMILES string of the molecule is COCCCNC(=O)c1ccc(-c2ccc(Oc3ccccc3OC)nn2)cc1. The summed E-state index contributed by atoms with van der Waals surface area (Å²) in [7, 11) is 3.22. The number of ether oxygens (including phenoxy) is 3. The molecule has 1 amide bonds. The Morgan fingerprint density at radius 1 is 0.931 bits per heavy atom. The van der Waals surface area contributed by atoms with Crippen molar-refractivity contribution in [3.63, 3.8) is 0 Å². The van der Waals surface area contributed by atoms with Gasteiger partial charge in [0.2, 0.25) is 5.88 Å². The molecule has 150 valence electrons. The summed E-state index contributed by atoms with van der Waals surface area (Å²) in [6.07, 6.45) is 0.777. The lowest BCUT2D eigenvalue weighted by Crippen LogP contribution is -2.25. The van der Waals surface area contributed by atoms with Crippen LogP contribution >= 0.6 is 0 Å². The van der Waals surface area contributed by atoms with Crippen molar-refractivity contribution in [1.29, 1.82) is 0 Å². The molecule has 0 fully saturated rings. The maximum Gasteiger partial charge on any atom is 0.251 e. The number of hydrogen-bond donors (Lipinski definition) is 1. The highest BCUT2D eigenvalue weighted by atomic mass is 16.5. The van der Waals surface area contributed by atoms with E-state index in [1.165, 1.54) is 0 Å². The number of carbonyl (C=O) groups is 1. The fourth-order valence-electron chi connectivity index (χ4n) is 2.66. The molecule has 0 saturated carbocycles. The van der Waals surface area contributed by atoms with Crippen LogP contribution in [0.15, 0.2) is 60.7 Å². The van der Waals surface area contributed by atoms with Crippen LogP contribution in [-0.4, -0.2) is 43.5 Å². The number of amides is 1. The topological polar surface area (TPSA) is 82.6 Å². The summed E-state index contributed by atoms with van der Waals surface area (Å²) >= 11 is 0. The fourth-order valence-corrected chi connectivity index (χ4v) is 2.66. The second-order valence-electron chi connectivity index (χ2n) is 6.19. The monoisotopic (exact) mass is 393 g/mol. The number of benzene rings is 2. The fraction of sp³-hybridized carbons (Fsp3) is 0.227. The average Bonchev–Trinajstić information content (AvgIpc) is 2.77.